The van der Waals surface area contributed by atoms with Crippen LogP contribution in [0.5, 0.6) is 0 Å². The van der Waals surface area contributed by atoms with Crippen LogP contribution in [-0.2, 0) is 60.8 Å². The smallest absolute Gasteiger partial charge is 0.316 e. The Morgan fingerprint density at radius 1 is 0.598 bits per heavy atom. The van der Waals surface area contributed by atoms with E-state index in [4.69, 9.17) is 0 Å². The lowest BCUT2D eigenvalue weighted by Crippen LogP contribution is -2.62. The molecule has 2 aliphatic heterocycles. The highest BCUT2D eigenvalue weighted by molar-refractivity contribution is 6.39. The van der Waals surface area contributed by atoms with Gasteiger partial charge < -0.3 is 52.3 Å². The molecule has 22 nitrogen and oxygen atoms in total. The molecule has 8 N–H and O–H groups in total. The summed E-state index contributed by atoms with van der Waals surface area (Å²) in [5.41, 5.74) is 1.14. The largest absolute Gasteiger partial charge is 0.346 e. The number of urea groups is 2. The summed E-state index contributed by atoms with van der Waals surface area (Å²) in [6.07, 6.45) is 12.3. The van der Waals surface area contributed by atoms with Gasteiger partial charge in [0.2, 0.25) is 35.2 Å². The van der Waals surface area contributed by atoms with Crippen molar-refractivity contribution in [2.24, 2.45) is 63.6 Å². The Hall–Kier alpha value is -7.26. The first-order valence-electron chi connectivity index (χ1n) is 33.7. The number of fused-ring (bicyclic) bond motifs is 3. The zero-order valence-corrected chi connectivity index (χ0v) is 56.4. The van der Waals surface area contributed by atoms with Gasteiger partial charge in [0.25, 0.3) is 11.8 Å². The standard InChI is InChI=1S/C37H51N5O6.C33H53N5O6/c1-7-11-26(32(44)34(46)38-16-8-2)39-33(45)30-27-25(37(27,5)6)19-42(30)35(47)29(24-17-22-12-9-10-13-23(22)18-24)41-36(48)40-28(20(3)4)31(43)21-14-15-21;1-9-14-22(26(40)29(42)34-17-10-2)35-28(41)25-23-21(33(23,7)8)18-38(25)30(43)27(32(4,5)6)37-31(44)36-24(19(3)39)20-15-12-11-13-16-20/h8-10,12-13,20-21,24-30H,2,7,11,14-19H2,1,3-6H3,(H,38,46)(H,39,45)(H2,40,41,48);10,20-25,27H,2,9,11-18H2,1,3-8H3,(H,34,42)(H,35,41)(H2,36,37,44)/t25-,26?,27-,28-,29-,30-;21-,22?,23-,24+,25-,27+/m00/s1. The Kier molecular flexibility index (Phi) is 23.7. The number of hydrogen-bond donors (Lipinski definition) is 8. The molecule has 0 bridgehead atoms. The fraction of sp³-hybridized carbons (Fsp3) is 0.686. The van der Waals surface area contributed by atoms with Crippen molar-refractivity contribution in [2.45, 2.75) is 215 Å². The normalized spacial score (nSPS) is 24.3. The summed E-state index contributed by atoms with van der Waals surface area (Å²) in [5.74, 6) is -5.32. The van der Waals surface area contributed by atoms with Crippen molar-refractivity contribution in [3.8, 4) is 0 Å². The second-order valence-electron chi connectivity index (χ2n) is 29.5. The van der Waals surface area contributed by atoms with Gasteiger partial charge in [0.15, 0.2) is 11.6 Å². The van der Waals surface area contributed by atoms with Crippen molar-refractivity contribution in [3.05, 3.63) is 60.7 Å². The topological polar surface area (TPSA) is 308 Å². The molecule has 7 aliphatic rings. The predicted octanol–water partition coefficient (Wildman–Crippen LogP) is 5.59. The highest BCUT2D eigenvalue weighted by atomic mass is 16.2. The molecule has 6 fully saturated rings. The van der Waals surface area contributed by atoms with Gasteiger partial charge in [-0.3, -0.25) is 47.9 Å². The van der Waals surface area contributed by atoms with E-state index < -0.39 is 107 Å². The van der Waals surface area contributed by atoms with Crippen LogP contribution in [0.2, 0.25) is 0 Å². The molecule has 0 radical (unpaired) electrons. The maximum Gasteiger partial charge on any atom is 0.316 e. The lowest BCUT2D eigenvalue weighted by atomic mass is 9.82. The van der Waals surface area contributed by atoms with Gasteiger partial charge in [0.1, 0.15) is 24.2 Å². The van der Waals surface area contributed by atoms with Crippen LogP contribution in [0.3, 0.4) is 0 Å². The van der Waals surface area contributed by atoms with Crippen LogP contribution in [0.15, 0.2) is 49.6 Å². The number of benzene rings is 1. The minimum absolute atomic E-state index is 0.0178. The monoisotopic (exact) mass is 1280 g/mol. The fourth-order valence-corrected chi connectivity index (χ4v) is 15.1. The molecule has 5 aliphatic carbocycles. The lowest BCUT2D eigenvalue weighted by molar-refractivity contribution is -0.145. The number of piperidine rings is 2. The second-order valence-corrected chi connectivity index (χ2v) is 29.5. The van der Waals surface area contributed by atoms with E-state index in [0.29, 0.717) is 38.8 Å². The molecule has 4 saturated carbocycles. The van der Waals surface area contributed by atoms with Gasteiger partial charge in [-0.2, -0.15) is 0 Å². The number of Topliss-reactive ketones (excluding diaryl/α,β-unsaturated/α-hetero) is 4. The van der Waals surface area contributed by atoms with E-state index in [0.717, 1.165) is 56.1 Å². The maximum atomic E-state index is 14.7. The van der Waals surface area contributed by atoms with Gasteiger partial charge >= 0.3 is 12.1 Å². The van der Waals surface area contributed by atoms with E-state index in [2.05, 4.69) is 83.4 Å². The molecule has 12 atom stereocenters. The van der Waals surface area contributed by atoms with Crippen molar-refractivity contribution in [3.63, 3.8) is 0 Å². The summed E-state index contributed by atoms with van der Waals surface area (Å²) < 4.78 is 0. The van der Waals surface area contributed by atoms with Gasteiger partial charge in [0, 0.05) is 32.1 Å². The minimum Gasteiger partial charge on any atom is -0.346 e. The molecule has 1 aromatic carbocycles. The molecule has 2 unspecified atom stereocenters. The number of nitrogens with one attached hydrogen (secondary N) is 8. The summed E-state index contributed by atoms with van der Waals surface area (Å²) >= 11 is 0. The lowest BCUT2D eigenvalue weighted by Gasteiger charge is -2.38. The molecule has 0 spiro atoms. The van der Waals surface area contributed by atoms with Crippen LogP contribution in [0, 0.1) is 63.6 Å². The molecule has 2 saturated heterocycles. The average Bonchev–Trinajstić information content (AvgIpc) is 1.53. The summed E-state index contributed by atoms with van der Waals surface area (Å²) in [5, 5.41) is 22.1. The highest BCUT2D eigenvalue weighted by Gasteiger charge is 2.71. The Morgan fingerprint density at radius 2 is 1.04 bits per heavy atom. The van der Waals surface area contributed by atoms with Crippen LogP contribution in [0.25, 0.3) is 0 Å². The molecule has 0 aromatic heterocycles. The minimum atomic E-state index is -1.04. The van der Waals surface area contributed by atoms with Gasteiger partial charge in [-0.25, -0.2) is 9.59 Å². The van der Waals surface area contributed by atoms with Crippen molar-refractivity contribution in [1.29, 1.82) is 0 Å². The number of hydrogen-bond acceptors (Lipinski definition) is 12. The quantitative estimate of drug-likeness (QED) is 0.0376. The molecular weight excluding hydrogens is 1170 g/mol. The van der Waals surface area contributed by atoms with E-state index in [9.17, 15) is 57.5 Å². The van der Waals surface area contributed by atoms with Crippen LogP contribution < -0.4 is 42.5 Å². The number of carbonyl (C=O) groups is 12. The third kappa shape index (κ3) is 16.6. The summed E-state index contributed by atoms with van der Waals surface area (Å²) in [6, 6.07) is -0.197. The average molecular weight is 1280 g/mol. The zero-order valence-electron chi connectivity index (χ0n) is 56.4. The van der Waals surface area contributed by atoms with Crippen LogP contribution in [0.1, 0.15) is 165 Å². The van der Waals surface area contributed by atoms with E-state index in [1.807, 2.05) is 72.7 Å². The number of carbonyl (C=O) groups excluding carboxylic acids is 12. The first-order chi connectivity index (χ1) is 43.3. The van der Waals surface area contributed by atoms with Gasteiger partial charge in [0.05, 0.1) is 24.2 Å². The number of nitrogens with zero attached hydrogens (tertiary/aromatic N) is 2. The number of amides is 10. The molecule has 506 valence electrons. The number of ketones is 4. The van der Waals surface area contributed by atoms with E-state index in [1.54, 1.807) is 4.90 Å². The second kappa shape index (κ2) is 30.2. The molecule has 92 heavy (non-hydrogen) atoms. The number of likely N-dealkylation sites (tertiary alicyclic amines) is 2. The SMILES string of the molecule is C=CCNC(=O)C(=O)C(CCC)NC(=O)[C@@H]1[C@@H]2[C@H](CN1C(=O)[C@@H](NC(=O)N[C@H](C(=O)C1CC1)C(C)C)C1Cc3ccccc3C1)C2(C)C.C=CCNC(=O)C(=O)C(CCC)NC(=O)[C@@H]1[C@@H]2[C@H](CN1C(=O)[C@@H](NC(=O)N[C@H](C(C)=O)C1CCCCC1)C(C)(C)C)C2(C)C. The van der Waals surface area contributed by atoms with Gasteiger partial charge in [-0.15, -0.1) is 13.2 Å². The molecule has 8 rings (SSSR count). The van der Waals surface area contributed by atoms with Crippen LogP contribution in [0.4, 0.5) is 9.59 Å². The Labute approximate surface area is 543 Å². The molecular formula is C70H104N10O12. The van der Waals surface area contributed by atoms with Gasteiger partial charge in [-0.05, 0) is 127 Å². The molecule has 2 heterocycles. The first-order valence-corrected chi connectivity index (χ1v) is 33.7. The predicted molar refractivity (Wildman–Crippen MR) is 348 cm³/mol. The van der Waals surface area contributed by atoms with E-state index >= 15 is 0 Å². The van der Waals surface area contributed by atoms with Crippen LogP contribution >= 0.6 is 0 Å². The Bertz CT molecular complexity index is 2970. The summed E-state index contributed by atoms with van der Waals surface area (Å²) in [4.78, 5) is 163. The van der Waals surface area contributed by atoms with Gasteiger partial charge in [-0.1, -0.05) is 145 Å². The van der Waals surface area contributed by atoms with E-state index in [-0.39, 0.29) is 102 Å². The zero-order chi connectivity index (χ0) is 67.9. The molecule has 10 amide bonds. The van der Waals surface area contributed by atoms with E-state index in [1.165, 1.54) is 24.0 Å². The van der Waals surface area contributed by atoms with Crippen molar-refractivity contribution in [2.75, 3.05) is 26.2 Å². The number of rotatable bonds is 28. The Morgan fingerprint density at radius 3 is 1.46 bits per heavy atom. The highest BCUT2D eigenvalue weighted by Crippen LogP contribution is 2.66. The third-order valence-corrected chi connectivity index (χ3v) is 20.8. The van der Waals surface area contributed by atoms with Crippen molar-refractivity contribution < 1.29 is 57.5 Å². The van der Waals surface area contributed by atoms with Crippen LogP contribution in [-0.4, -0.2) is 155 Å². The van der Waals surface area contributed by atoms with Crippen molar-refractivity contribution in [1.82, 2.24) is 52.3 Å². The summed E-state index contributed by atoms with van der Waals surface area (Å²) in [6.45, 7) is 30.8. The maximum absolute atomic E-state index is 14.7. The van der Waals surface area contributed by atoms with Crippen molar-refractivity contribution >= 4 is 70.6 Å². The molecule has 22 heteroatoms. The first kappa shape index (κ1) is 72.2. The fourth-order valence-electron chi connectivity index (χ4n) is 15.1. The molecule has 1 aromatic rings. The third-order valence-electron chi connectivity index (χ3n) is 20.8. The summed E-state index contributed by atoms with van der Waals surface area (Å²) in [7, 11) is 0. The Balaban J connectivity index is 0.000000262.